The highest BCUT2D eigenvalue weighted by Gasteiger charge is 2.35. The van der Waals surface area contributed by atoms with E-state index in [1.807, 2.05) is 42.5 Å². The molecule has 0 fully saturated rings. The highest BCUT2D eigenvalue weighted by molar-refractivity contribution is 6.30. The number of hydrogen-bond donors (Lipinski definition) is 2. The molecule has 0 aliphatic heterocycles. The van der Waals surface area contributed by atoms with Crippen LogP contribution in [0, 0.1) is 5.41 Å². The number of pyridine rings is 1. The second-order valence-electron chi connectivity index (χ2n) is 6.26. The molecule has 0 bridgehead atoms. The summed E-state index contributed by atoms with van der Waals surface area (Å²) in [5.74, 6) is -0.637. The zero-order valence-corrected chi connectivity index (χ0v) is 15.1. The van der Waals surface area contributed by atoms with Gasteiger partial charge in [-0.3, -0.25) is 14.6 Å². The van der Waals surface area contributed by atoms with Crippen molar-refractivity contribution in [1.82, 2.24) is 15.6 Å². The van der Waals surface area contributed by atoms with E-state index in [0.29, 0.717) is 24.5 Å². The number of carbonyl (C=O) groups is 2. The Morgan fingerprint density at radius 3 is 2.36 bits per heavy atom. The van der Waals surface area contributed by atoms with Crippen LogP contribution < -0.4 is 10.6 Å². The summed E-state index contributed by atoms with van der Waals surface area (Å²) < 4.78 is 0. The molecule has 6 heteroatoms. The number of amides is 2. The number of benzene rings is 1. The number of nitrogens with zero attached hydrogens (tertiary/aromatic N) is 1. The standard InChI is InChI=1S/C19H22ClN3O2/c1-19(2,18(25)23-13-16-5-3-4-11-21-16)17(24)22-12-10-14-6-8-15(20)9-7-14/h3-9,11H,10,12-13H2,1-2H3,(H,22,24)(H,23,25). The summed E-state index contributed by atoms with van der Waals surface area (Å²) >= 11 is 5.85. The summed E-state index contributed by atoms with van der Waals surface area (Å²) in [7, 11) is 0. The molecule has 1 aromatic carbocycles. The van der Waals surface area contributed by atoms with Gasteiger partial charge in [0.15, 0.2) is 0 Å². The third kappa shape index (κ3) is 5.57. The summed E-state index contributed by atoms with van der Waals surface area (Å²) in [6.45, 7) is 3.97. The fourth-order valence-electron chi connectivity index (χ4n) is 2.19. The van der Waals surface area contributed by atoms with Crippen LogP contribution >= 0.6 is 11.6 Å². The van der Waals surface area contributed by atoms with Crippen molar-refractivity contribution < 1.29 is 9.59 Å². The third-order valence-electron chi connectivity index (χ3n) is 3.90. The van der Waals surface area contributed by atoms with Gasteiger partial charge in [-0.05, 0) is 50.1 Å². The number of carbonyl (C=O) groups excluding carboxylic acids is 2. The molecule has 0 saturated carbocycles. The first-order valence-corrected chi connectivity index (χ1v) is 8.48. The predicted molar refractivity (Wildman–Crippen MR) is 98.0 cm³/mol. The number of nitrogens with one attached hydrogen (secondary N) is 2. The lowest BCUT2D eigenvalue weighted by atomic mass is 9.91. The molecule has 2 amide bonds. The Bertz CT molecular complexity index is 715. The van der Waals surface area contributed by atoms with Crippen molar-refractivity contribution in [3.05, 3.63) is 64.9 Å². The molecule has 2 N–H and O–H groups in total. The minimum absolute atomic E-state index is 0.293. The van der Waals surface area contributed by atoms with Crippen LogP contribution in [0.5, 0.6) is 0 Å². The van der Waals surface area contributed by atoms with Crippen molar-refractivity contribution >= 4 is 23.4 Å². The number of rotatable bonds is 7. The molecule has 0 atom stereocenters. The first-order chi connectivity index (χ1) is 11.9. The predicted octanol–water partition coefficient (Wildman–Crippen LogP) is 2.74. The molecule has 1 aromatic heterocycles. The third-order valence-corrected chi connectivity index (χ3v) is 4.16. The van der Waals surface area contributed by atoms with Crippen molar-refractivity contribution in [3.8, 4) is 0 Å². The lowest BCUT2D eigenvalue weighted by Gasteiger charge is -2.22. The van der Waals surface area contributed by atoms with Gasteiger partial charge < -0.3 is 10.6 Å². The van der Waals surface area contributed by atoms with E-state index in [2.05, 4.69) is 15.6 Å². The fourth-order valence-corrected chi connectivity index (χ4v) is 2.32. The van der Waals surface area contributed by atoms with E-state index >= 15 is 0 Å². The van der Waals surface area contributed by atoms with E-state index in [1.54, 1.807) is 20.0 Å². The zero-order chi connectivity index (χ0) is 18.3. The minimum atomic E-state index is -1.16. The first-order valence-electron chi connectivity index (χ1n) is 8.10. The molecule has 0 unspecified atom stereocenters. The van der Waals surface area contributed by atoms with E-state index in [1.165, 1.54) is 0 Å². The van der Waals surface area contributed by atoms with Gasteiger partial charge in [0.05, 0.1) is 12.2 Å². The summed E-state index contributed by atoms with van der Waals surface area (Å²) in [5.41, 5.74) is 0.659. The average Bonchev–Trinajstić information content (AvgIpc) is 2.62. The van der Waals surface area contributed by atoms with Crippen LogP contribution in [0.1, 0.15) is 25.1 Å². The maximum atomic E-state index is 12.4. The average molecular weight is 360 g/mol. The van der Waals surface area contributed by atoms with Gasteiger partial charge in [0, 0.05) is 17.8 Å². The van der Waals surface area contributed by atoms with E-state index < -0.39 is 5.41 Å². The second-order valence-corrected chi connectivity index (χ2v) is 6.70. The maximum absolute atomic E-state index is 12.4. The molecule has 2 rings (SSSR count). The van der Waals surface area contributed by atoms with Crippen molar-refractivity contribution in [2.24, 2.45) is 5.41 Å². The zero-order valence-electron chi connectivity index (χ0n) is 14.4. The highest BCUT2D eigenvalue weighted by Crippen LogP contribution is 2.16. The van der Waals surface area contributed by atoms with Gasteiger partial charge in [0.1, 0.15) is 5.41 Å². The van der Waals surface area contributed by atoms with Crippen LogP contribution in [0.2, 0.25) is 5.02 Å². The fraction of sp³-hybridized carbons (Fsp3) is 0.316. The molecule has 25 heavy (non-hydrogen) atoms. The summed E-state index contributed by atoms with van der Waals surface area (Å²) in [4.78, 5) is 28.8. The smallest absolute Gasteiger partial charge is 0.235 e. The Balaban J connectivity index is 1.81. The van der Waals surface area contributed by atoms with Gasteiger partial charge >= 0.3 is 0 Å². The van der Waals surface area contributed by atoms with Crippen molar-refractivity contribution in [2.75, 3.05) is 6.54 Å². The molecule has 0 radical (unpaired) electrons. The van der Waals surface area contributed by atoms with E-state index in [-0.39, 0.29) is 11.8 Å². The molecule has 132 valence electrons. The summed E-state index contributed by atoms with van der Waals surface area (Å²) in [6, 6.07) is 12.9. The normalized spacial score (nSPS) is 11.0. The van der Waals surface area contributed by atoms with Crippen LogP contribution in [0.25, 0.3) is 0 Å². The molecule has 0 saturated heterocycles. The molecule has 0 aliphatic rings. The van der Waals surface area contributed by atoms with E-state index in [9.17, 15) is 9.59 Å². The Hall–Kier alpha value is -2.40. The van der Waals surface area contributed by atoms with E-state index in [0.717, 1.165) is 11.3 Å². The first kappa shape index (κ1) is 18.9. The summed E-state index contributed by atoms with van der Waals surface area (Å²) in [5, 5.41) is 6.25. The molecule has 0 spiro atoms. The molecule has 5 nitrogen and oxygen atoms in total. The van der Waals surface area contributed by atoms with Crippen LogP contribution in [0.3, 0.4) is 0 Å². The van der Waals surface area contributed by atoms with Gasteiger partial charge in [0.2, 0.25) is 11.8 Å². The van der Waals surface area contributed by atoms with E-state index in [4.69, 9.17) is 11.6 Å². The highest BCUT2D eigenvalue weighted by atomic mass is 35.5. The van der Waals surface area contributed by atoms with Crippen molar-refractivity contribution in [2.45, 2.75) is 26.8 Å². The van der Waals surface area contributed by atoms with Crippen LogP contribution in [-0.2, 0) is 22.6 Å². The lowest BCUT2D eigenvalue weighted by molar-refractivity contribution is -0.141. The van der Waals surface area contributed by atoms with Gasteiger partial charge in [-0.1, -0.05) is 29.8 Å². The lowest BCUT2D eigenvalue weighted by Crippen LogP contribution is -2.48. The monoisotopic (exact) mass is 359 g/mol. The number of halogens is 1. The van der Waals surface area contributed by atoms with Crippen LogP contribution in [0.4, 0.5) is 0 Å². The Kier molecular flexibility index (Phi) is 6.53. The summed E-state index contributed by atoms with van der Waals surface area (Å²) in [6.07, 6.45) is 2.34. The SMILES string of the molecule is CC(C)(C(=O)NCCc1ccc(Cl)cc1)C(=O)NCc1ccccn1. The Morgan fingerprint density at radius 2 is 1.72 bits per heavy atom. The number of hydrogen-bond acceptors (Lipinski definition) is 3. The molecular weight excluding hydrogens is 338 g/mol. The topological polar surface area (TPSA) is 71.1 Å². The van der Waals surface area contributed by atoms with Gasteiger partial charge in [0.25, 0.3) is 0 Å². The molecule has 1 heterocycles. The number of aromatic nitrogens is 1. The molecule has 2 aromatic rings. The van der Waals surface area contributed by atoms with Gasteiger partial charge in [-0.15, -0.1) is 0 Å². The van der Waals surface area contributed by atoms with Gasteiger partial charge in [-0.2, -0.15) is 0 Å². The Labute approximate surface area is 152 Å². The quantitative estimate of drug-likeness (QED) is 0.747. The minimum Gasteiger partial charge on any atom is -0.355 e. The largest absolute Gasteiger partial charge is 0.355 e. The Morgan fingerprint density at radius 1 is 1.04 bits per heavy atom. The molecule has 0 aliphatic carbocycles. The van der Waals surface area contributed by atoms with Crippen LogP contribution in [0.15, 0.2) is 48.7 Å². The second kappa shape index (κ2) is 8.62. The van der Waals surface area contributed by atoms with Crippen LogP contribution in [-0.4, -0.2) is 23.3 Å². The molecular formula is C19H22ClN3O2. The maximum Gasteiger partial charge on any atom is 0.235 e. The van der Waals surface area contributed by atoms with Gasteiger partial charge in [-0.25, -0.2) is 0 Å². The van der Waals surface area contributed by atoms with Crippen molar-refractivity contribution in [3.63, 3.8) is 0 Å². The van der Waals surface area contributed by atoms with Crippen molar-refractivity contribution in [1.29, 1.82) is 0 Å².